The molecule has 0 aliphatic heterocycles. The van der Waals surface area contributed by atoms with Gasteiger partial charge in [-0.25, -0.2) is 4.79 Å². The third-order valence-electron chi connectivity index (χ3n) is 5.64. The molecule has 0 aromatic rings. The summed E-state index contributed by atoms with van der Waals surface area (Å²) in [6, 6.07) is -4.33. The van der Waals surface area contributed by atoms with Crippen molar-refractivity contribution in [2.75, 3.05) is 6.54 Å². The van der Waals surface area contributed by atoms with Crippen LogP contribution in [0.1, 0.15) is 59.8 Å². The molecule has 5 atom stereocenters. The van der Waals surface area contributed by atoms with E-state index in [0.29, 0.717) is 19.4 Å². The molecule has 14 nitrogen and oxygen atoms in total. The minimum Gasteiger partial charge on any atom is -0.480 e. The first-order valence-electron chi connectivity index (χ1n) is 11.9. The standard InChI is InChI=1S/C22H42N8O6/c1-5-12(4)17(30-18(32)13(23)7-6-10-27-22(25)26)20(34)29-16(11(2)3)19(33)28-14(21(35)36)8-9-15(24)31/h11-14,16-17H,5-10,23H2,1-4H3,(H2,24,31)(H,28,33)(H,29,34)(H,30,32)(H,35,36)(H4,25,26,27). The summed E-state index contributed by atoms with van der Waals surface area (Å²) < 4.78 is 0. The molecule has 0 bridgehead atoms. The van der Waals surface area contributed by atoms with E-state index in [-0.39, 0.29) is 31.1 Å². The molecule has 14 heteroatoms. The lowest BCUT2D eigenvalue weighted by Gasteiger charge is -2.29. The Balaban J connectivity index is 5.38. The predicted octanol–water partition coefficient (Wildman–Crippen LogP) is -2.13. The van der Waals surface area contributed by atoms with Crippen molar-refractivity contribution in [2.24, 2.45) is 39.8 Å². The Morgan fingerprint density at radius 2 is 1.42 bits per heavy atom. The second-order valence-corrected chi connectivity index (χ2v) is 9.06. The predicted molar refractivity (Wildman–Crippen MR) is 134 cm³/mol. The highest BCUT2D eigenvalue weighted by Gasteiger charge is 2.33. The van der Waals surface area contributed by atoms with Crippen LogP contribution in [0.4, 0.5) is 0 Å². The van der Waals surface area contributed by atoms with E-state index in [4.69, 9.17) is 22.9 Å². The van der Waals surface area contributed by atoms with Gasteiger partial charge in [0.15, 0.2) is 5.96 Å². The zero-order chi connectivity index (χ0) is 28.0. The number of guanidine groups is 1. The van der Waals surface area contributed by atoms with Gasteiger partial charge in [0, 0.05) is 13.0 Å². The highest BCUT2D eigenvalue weighted by Crippen LogP contribution is 2.11. The van der Waals surface area contributed by atoms with E-state index in [1.54, 1.807) is 20.8 Å². The fraction of sp³-hybridized carbons (Fsp3) is 0.727. The molecule has 0 spiro atoms. The number of aliphatic imine (C=N–C) groups is 1. The third kappa shape index (κ3) is 12.3. The lowest BCUT2D eigenvalue weighted by molar-refractivity contribution is -0.143. The van der Waals surface area contributed by atoms with Crippen LogP contribution in [0.15, 0.2) is 4.99 Å². The Kier molecular flexibility index (Phi) is 14.7. The maximum Gasteiger partial charge on any atom is 0.326 e. The lowest BCUT2D eigenvalue weighted by Crippen LogP contribution is -2.59. The lowest BCUT2D eigenvalue weighted by atomic mass is 9.95. The molecule has 0 saturated carbocycles. The number of primary amides is 1. The van der Waals surface area contributed by atoms with Gasteiger partial charge in [0.05, 0.1) is 6.04 Å². The van der Waals surface area contributed by atoms with Crippen LogP contribution in [0, 0.1) is 11.8 Å². The number of carboxylic acids is 1. The number of carboxylic acid groups (broad SMARTS) is 1. The van der Waals surface area contributed by atoms with Gasteiger partial charge in [0.25, 0.3) is 0 Å². The molecular formula is C22H42N8O6. The number of hydrogen-bond donors (Lipinski definition) is 8. The summed E-state index contributed by atoms with van der Waals surface area (Å²) in [6.45, 7) is 7.26. The van der Waals surface area contributed by atoms with Crippen molar-refractivity contribution >= 4 is 35.6 Å². The maximum atomic E-state index is 13.1. The van der Waals surface area contributed by atoms with E-state index in [0.717, 1.165) is 0 Å². The first-order chi connectivity index (χ1) is 16.7. The summed E-state index contributed by atoms with van der Waals surface area (Å²) in [5.74, 6) is -4.69. The summed E-state index contributed by atoms with van der Waals surface area (Å²) in [5.41, 5.74) is 21.5. The number of aliphatic carboxylic acids is 1. The Labute approximate surface area is 211 Å². The fourth-order valence-corrected chi connectivity index (χ4v) is 3.20. The molecule has 0 aliphatic carbocycles. The molecule has 12 N–H and O–H groups in total. The van der Waals surface area contributed by atoms with Gasteiger partial charge < -0.3 is 44.0 Å². The number of carbonyl (C=O) groups is 5. The average Bonchev–Trinajstić information content (AvgIpc) is 2.79. The first kappa shape index (κ1) is 32.6. The molecule has 5 unspecified atom stereocenters. The Hall–Kier alpha value is -3.42. The van der Waals surface area contributed by atoms with Crippen molar-refractivity contribution in [3.8, 4) is 0 Å². The van der Waals surface area contributed by atoms with Gasteiger partial charge in [0.2, 0.25) is 23.6 Å². The minimum atomic E-state index is -1.36. The van der Waals surface area contributed by atoms with Crippen LogP contribution in [-0.2, 0) is 24.0 Å². The van der Waals surface area contributed by atoms with Crippen LogP contribution in [0.25, 0.3) is 0 Å². The molecule has 0 radical (unpaired) electrons. The molecule has 0 heterocycles. The van der Waals surface area contributed by atoms with Gasteiger partial charge in [-0.1, -0.05) is 34.1 Å². The fourth-order valence-electron chi connectivity index (χ4n) is 3.20. The number of carbonyl (C=O) groups excluding carboxylic acids is 4. The summed E-state index contributed by atoms with van der Waals surface area (Å²) in [6.07, 6.45) is 0.871. The zero-order valence-corrected chi connectivity index (χ0v) is 21.5. The molecule has 0 fully saturated rings. The molecule has 0 rings (SSSR count). The van der Waals surface area contributed by atoms with Crippen LogP contribution >= 0.6 is 0 Å². The second-order valence-electron chi connectivity index (χ2n) is 9.06. The van der Waals surface area contributed by atoms with Crippen molar-refractivity contribution in [1.82, 2.24) is 16.0 Å². The number of hydrogen-bond acceptors (Lipinski definition) is 7. The molecule has 0 aliphatic rings. The van der Waals surface area contributed by atoms with Crippen molar-refractivity contribution in [3.05, 3.63) is 0 Å². The number of nitrogens with two attached hydrogens (primary N) is 4. The normalized spacial score (nSPS) is 15.1. The first-order valence-corrected chi connectivity index (χ1v) is 11.9. The Morgan fingerprint density at radius 3 is 1.89 bits per heavy atom. The molecule has 0 aromatic heterocycles. The molecule has 0 aromatic carbocycles. The number of rotatable bonds is 17. The average molecular weight is 515 g/mol. The van der Waals surface area contributed by atoms with Gasteiger partial charge >= 0.3 is 5.97 Å². The highest BCUT2D eigenvalue weighted by molar-refractivity contribution is 5.94. The summed E-state index contributed by atoms with van der Waals surface area (Å²) in [7, 11) is 0. The van der Waals surface area contributed by atoms with E-state index < -0.39 is 59.7 Å². The molecule has 36 heavy (non-hydrogen) atoms. The Bertz CT molecular complexity index is 799. The molecule has 206 valence electrons. The van der Waals surface area contributed by atoms with E-state index >= 15 is 0 Å². The maximum absolute atomic E-state index is 13.1. The largest absolute Gasteiger partial charge is 0.480 e. The smallest absolute Gasteiger partial charge is 0.326 e. The number of nitrogens with one attached hydrogen (secondary N) is 3. The van der Waals surface area contributed by atoms with Gasteiger partial charge in [-0.3, -0.25) is 24.2 Å². The SMILES string of the molecule is CCC(C)C(NC(=O)C(N)CCCN=C(N)N)C(=O)NC(C(=O)NC(CCC(N)=O)C(=O)O)C(C)C. The van der Waals surface area contributed by atoms with E-state index in [2.05, 4.69) is 20.9 Å². The summed E-state index contributed by atoms with van der Waals surface area (Å²) in [5, 5.41) is 17.0. The molecule has 4 amide bonds. The van der Waals surface area contributed by atoms with Crippen LogP contribution in [-0.4, -0.2) is 71.4 Å². The molecular weight excluding hydrogens is 472 g/mol. The third-order valence-corrected chi connectivity index (χ3v) is 5.64. The van der Waals surface area contributed by atoms with Crippen molar-refractivity contribution in [3.63, 3.8) is 0 Å². The minimum absolute atomic E-state index is 0.0622. The van der Waals surface area contributed by atoms with Crippen molar-refractivity contribution in [1.29, 1.82) is 0 Å². The highest BCUT2D eigenvalue weighted by atomic mass is 16.4. The monoisotopic (exact) mass is 514 g/mol. The van der Waals surface area contributed by atoms with Crippen molar-refractivity contribution < 1.29 is 29.1 Å². The number of amides is 4. The van der Waals surface area contributed by atoms with Crippen LogP contribution in [0.5, 0.6) is 0 Å². The zero-order valence-electron chi connectivity index (χ0n) is 21.5. The second kappa shape index (κ2) is 16.3. The van der Waals surface area contributed by atoms with Crippen molar-refractivity contribution in [2.45, 2.75) is 84.0 Å². The Morgan fingerprint density at radius 1 is 0.861 bits per heavy atom. The van der Waals surface area contributed by atoms with E-state index in [9.17, 15) is 29.1 Å². The summed E-state index contributed by atoms with van der Waals surface area (Å²) >= 11 is 0. The van der Waals surface area contributed by atoms with Gasteiger partial charge in [-0.15, -0.1) is 0 Å². The summed E-state index contributed by atoms with van der Waals surface area (Å²) in [4.78, 5) is 64.9. The van der Waals surface area contributed by atoms with Gasteiger partial charge in [-0.2, -0.15) is 0 Å². The number of nitrogens with zero attached hydrogens (tertiary/aromatic N) is 1. The van der Waals surface area contributed by atoms with E-state index in [1.807, 2.05) is 6.92 Å². The molecule has 0 saturated heterocycles. The van der Waals surface area contributed by atoms with E-state index in [1.165, 1.54) is 0 Å². The van der Waals surface area contributed by atoms with Gasteiger partial charge in [0.1, 0.15) is 18.1 Å². The van der Waals surface area contributed by atoms with Gasteiger partial charge in [-0.05, 0) is 31.1 Å². The van der Waals surface area contributed by atoms with Crippen LogP contribution in [0.2, 0.25) is 0 Å². The topological polar surface area (TPSA) is 258 Å². The van der Waals surface area contributed by atoms with Crippen LogP contribution in [0.3, 0.4) is 0 Å². The quantitative estimate of drug-likeness (QED) is 0.0598. The van der Waals surface area contributed by atoms with Crippen LogP contribution < -0.4 is 38.9 Å².